The zero-order chi connectivity index (χ0) is 18.4. The van der Waals surface area contributed by atoms with Gasteiger partial charge in [-0.15, -0.1) is 11.3 Å². The first-order valence-corrected chi connectivity index (χ1v) is 9.38. The number of amides is 2. The summed E-state index contributed by atoms with van der Waals surface area (Å²) in [4.78, 5) is 25.6. The Kier molecular flexibility index (Phi) is 6.37. The summed E-state index contributed by atoms with van der Waals surface area (Å²) in [5.41, 5.74) is 1.95. The number of aryl methyl sites for hydroxylation is 2. The average molecular weight is 359 g/mol. The van der Waals surface area contributed by atoms with Crippen LogP contribution in [0.1, 0.15) is 44.1 Å². The summed E-state index contributed by atoms with van der Waals surface area (Å²) in [6, 6.07) is 9.69. The maximum atomic E-state index is 12.2. The normalized spacial score (nSPS) is 11.2. The van der Waals surface area contributed by atoms with Gasteiger partial charge in [-0.25, -0.2) is 0 Å². The Balaban J connectivity index is 1.92. The van der Waals surface area contributed by atoms with Crippen molar-refractivity contribution in [2.45, 2.75) is 47.0 Å². The van der Waals surface area contributed by atoms with Crippen LogP contribution < -0.4 is 10.6 Å². The van der Waals surface area contributed by atoms with Gasteiger partial charge in [-0.3, -0.25) is 9.59 Å². The molecule has 4 nitrogen and oxygen atoms in total. The minimum Gasteiger partial charge on any atom is -0.326 e. The minimum absolute atomic E-state index is 0.000968. The van der Waals surface area contributed by atoms with E-state index in [0.29, 0.717) is 12.1 Å². The van der Waals surface area contributed by atoms with Crippen molar-refractivity contribution in [2.24, 2.45) is 5.41 Å². The molecular weight excluding hydrogens is 332 g/mol. The van der Waals surface area contributed by atoms with Crippen LogP contribution in [0.5, 0.6) is 0 Å². The van der Waals surface area contributed by atoms with Crippen LogP contribution in [0.3, 0.4) is 0 Å². The number of hydrogen-bond acceptors (Lipinski definition) is 3. The molecule has 0 bridgehead atoms. The highest BCUT2D eigenvalue weighted by molar-refractivity contribution is 7.09. The second-order valence-electron chi connectivity index (χ2n) is 7.21. The molecule has 0 fully saturated rings. The maximum absolute atomic E-state index is 12.2. The van der Waals surface area contributed by atoms with Gasteiger partial charge in [-0.05, 0) is 48.9 Å². The van der Waals surface area contributed by atoms with Crippen molar-refractivity contribution in [3.05, 3.63) is 46.2 Å². The van der Waals surface area contributed by atoms with E-state index in [2.05, 4.69) is 22.1 Å². The molecule has 2 amide bonds. The number of thiophene rings is 1. The van der Waals surface area contributed by atoms with E-state index in [1.807, 2.05) is 52.0 Å². The number of anilines is 2. The Morgan fingerprint density at radius 3 is 2.52 bits per heavy atom. The fourth-order valence-corrected chi connectivity index (χ4v) is 2.99. The Labute approximate surface area is 153 Å². The van der Waals surface area contributed by atoms with Gasteiger partial charge in [0.1, 0.15) is 0 Å². The van der Waals surface area contributed by atoms with Crippen LogP contribution in [0, 0.1) is 12.3 Å². The summed E-state index contributed by atoms with van der Waals surface area (Å²) in [5, 5.41) is 7.90. The molecule has 1 aromatic heterocycles. The van der Waals surface area contributed by atoms with Gasteiger partial charge in [0.05, 0.1) is 0 Å². The summed E-state index contributed by atoms with van der Waals surface area (Å²) >= 11 is 1.72. The molecule has 0 saturated heterocycles. The summed E-state index contributed by atoms with van der Waals surface area (Å²) in [6.07, 6.45) is 2.23. The fraction of sp³-hybridized carbons (Fsp3) is 0.400. The van der Waals surface area contributed by atoms with Crippen LogP contribution in [0.25, 0.3) is 0 Å². The molecule has 5 heteroatoms. The topological polar surface area (TPSA) is 58.2 Å². The molecule has 0 aliphatic carbocycles. The number of carbonyl (C=O) groups excluding carboxylic acids is 2. The molecule has 0 saturated carbocycles. The minimum atomic E-state index is -0.462. The predicted octanol–water partition coefficient (Wildman–Crippen LogP) is 5.00. The molecule has 2 rings (SSSR count). The quantitative estimate of drug-likeness (QED) is 0.763. The van der Waals surface area contributed by atoms with Crippen molar-refractivity contribution >= 4 is 34.5 Å². The fourth-order valence-electron chi connectivity index (χ4n) is 2.24. The number of hydrogen-bond donors (Lipinski definition) is 2. The van der Waals surface area contributed by atoms with Crippen LogP contribution in [0.15, 0.2) is 35.7 Å². The Bertz CT molecular complexity index is 731. The van der Waals surface area contributed by atoms with Crippen LogP contribution in [-0.4, -0.2) is 11.8 Å². The molecule has 2 aromatic rings. The lowest BCUT2D eigenvalue weighted by atomic mass is 9.95. The van der Waals surface area contributed by atoms with E-state index in [-0.39, 0.29) is 11.8 Å². The summed E-state index contributed by atoms with van der Waals surface area (Å²) in [6.45, 7) is 7.54. The summed E-state index contributed by atoms with van der Waals surface area (Å²) in [5.74, 6) is -0.0523. The standard InChI is InChI=1S/C20H26N2O2S/c1-14-10-11-15(21-19(24)20(2,3)4)13-17(14)22-18(23)9-5-7-16-8-6-12-25-16/h6,8,10-13H,5,7,9H2,1-4H3,(H,21,24)(H,22,23). The average Bonchev–Trinajstić information content (AvgIpc) is 3.03. The van der Waals surface area contributed by atoms with Gasteiger partial charge < -0.3 is 10.6 Å². The molecule has 2 N–H and O–H groups in total. The zero-order valence-corrected chi connectivity index (χ0v) is 16.1. The van der Waals surface area contributed by atoms with Crippen LogP contribution in [0.4, 0.5) is 11.4 Å². The lowest BCUT2D eigenvalue weighted by Crippen LogP contribution is -2.27. The van der Waals surface area contributed by atoms with Crippen LogP contribution in [-0.2, 0) is 16.0 Å². The van der Waals surface area contributed by atoms with Gasteiger partial charge in [-0.1, -0.05) is 32.9 Å². The summed E-state index contributed by atoms with van der Waals surface area (Å²) in [7, 11) is 0. The Morgan fingerprint density at radius 1 is 1.12 bits per heavy atom. The predicted molar refractivity (Wildman–Crippen MR) is 105 cm³/mol. The van der Waals surface area contributed by atoms with Crippen molar-refractivity contribution in [3.8, 4) is 0 Å². The zero-order valence-electron chi connectivity index (χ0n) is 15.3. The first kappa shape index (κ1) is 19.2. The van der Waals surface area contributed by atoms with Crippen molar-refractivity contribution in [1.82, 2.24) is 0 Å². The van der Waals surface area contributed by atoms with Gasteiger partial charge in [0, 0.05) is 28.1 Å². The lowest BCUT2D eigenvalue weighted by molar-refractivity contribution is -0.123. The molecule has 25 heavy (non-hydrogen) atoms. The SMILES string of the molecule is Cc1ccc(NC(=O)C(C)(C)C)cc1NC(=O)CCCc1cccs1. The molecule has 1 heterocycles. The van der Waals surface area contributed by atoms with E-state index in [0.717, 1.165) is 24.1 Å². The van der Waals surface area contributed by atoms with Crippen LogP contribution >= 0.6 is 11.3 Å². The van der Waals surface area contributed by atoms with E-state index < -0.39 is 5.41 Å². The molecule has 0 aliphatic heterocycles. The number of carbonyl (C=O) groups is 2. The third kappa shape index (κ3) is 6.02. The Morgan fingerprint density at radius 2 is 1.88 bits per heavy atom. The van der Waals surface area contributed by atoms with Crippen LogP contribution in [0.2, 0.25) is 0 Å². The molecule has 0 radical (unpaired) electrons. The smallest absolute Gasteiger partial charge is 0.229 e. The second kappa shape index (κ2) is 8.30. The number of nitrogens with one attached hydrogen (secondary N) is 2. The largest absolute Gasteiger partial charge is 0.326 e. The third-order valence-electron chi connectivity index (χ3n) is 3.86. The first-order valence-electron chi connectivity index (χ1n) is 8.50. The second-order valence-corrected chi connectivity index (χ2v) is 8.25. The molecule has 0 unspecified atom stereocenters. The highest BCUT2D eigenvalue weighted by Gasteiger charge is 2.21. The van der Waals surface area contributed by atoms with Gasteiger partial charge in [-0.2, -0.15) is 0 Å². The van der Waals surface area contributed by atoms with E-state index in [1.165, 1.54) is 4.88 Å². The van der Waals surface area contributed by atoms with E-state index in [1.54, 1.807) is 11.3 Å². The monoisotopic (exact) mass is 358 g/mol. The van der Waals surface area contributed by atoms with Gasteiger partial charge in [0.2, 0.25) is 11.8 Å². The van der Waals surface area contributed by atoms with Crippen molar-refractivity contribution in [1.29, 1.82) is 0 Å². The van der Waals surface area contributed by atoms with Gasteiger partial charge in [0.15, 0.2) is 0 Å². The molecule has 0 atom stereocenters. The van der Waals surface area contributed by atoms with E-state index >= 15 is 0 Å². The third-order valence-corrected chi connectivity index (χ3v) is 4.79. The molecule has 0 aliphatic rings. The molecule has 1 aromatic carbocycles. The summed E-state index contributed by atoms with van der Waals surface area (Å²) < 4.78 is 0. The molecule has 0 spiro atoms. The lowest BCUT2D eigenvalue weighted by Gasteiger charge is -2.18. The van der Waals surface area contributed by atoms with Gasteiger partial charge in [0.25, 0.3) is 0 Å². The van der Waals surface area contributed by atoms with Gasteiger partial charge >= 0.3 is 0 Å². The first-order chi connectivity index (χ1) is 11.8. The molecular formula is C20H26N2O2S. The molecule has 134 valence electrons. The maximum Gasteiger partial charge on any atom is 0.229 e. The number of rotatable bonds is 6. The van der Waals surface area contributed by atoms with Crippen molar-refractivity contribution in [2.75, 3.05) is 10.6 Å². The highest BCUT2D eigenvalue weighted by atomic mass is 32.1. The highest BCUT2D eigenvalue weighted by Crippen LogP contribution is 2.23. The Hall–Kier alpha value is -2.14. The van der Waals surface area contributed by atoms with E-state index in [4.69, 9.17) is 0 Å². The van der Waals surface area contributed by atoms with Crippen molar-refractivity contribution < 1.29 is 9.59 Å². The number of benzene rings is 1. The van der Waals surface area contributed by atoms with E-state index in [9.17, 15) is 9.59 Å². The van der Waals surface area contributed by atoms with Crippen molar-refractivity contribution in [3.63, 3.8) is 0 Å².